The average Bonchev–Trinajstić information content (AvgIpc) is 3.59. The van der Waals surface area contributed by atoms with E-state index in [9.17, 15) is 9.59 Å². The van der Waals surface area contributed by atoms with Crippen molar-refractivity contribution in [3.05, 3.63) is 75.9 Å². The van der Waals surface area contributed by atoms with Crippen LogP contribution in [0, 0.1) is 0 Å². The van der Waals surface area contributed by atoms with Gasteiger partial charge in [-0.05, 0) is 65.6 Å². The van der Waals surface area contributed by atoms with E-state index >= 15 is 0 Å². The highest BCUT2D eigenvalue weighted by molar-refractivity contribution is 7.10. The second-order valence-corrected chi connectivity index (χ2v) is 10.2. The first-order valence-corrected chi connectivity index (χ1v) is 13.3. The van der Waals surface area contributed by atoms with Crippen molar-refractivity contribution in [3.63, 3.8) is 0 Å². The Balaban J connectivity index is 1.49. The van der Waals surface area contributed by atoms with Gasteiger partial charge in [0.05, 0.1) is 12.3 Å². The fourth-order valence-corrected chi connectivity index (χ4v) is 5.39. The Morgan fingerprint density at radius 3 is 2.69 bits per heavy atom. The minimum absolute atomic E-state index is 0.0255. The number of methoxy groups -OCH3 is 1. The number of hydrogen-bond acceptors (Lipinski definition) is 6. The van der Waals surface area contributed by atoms with Crippen molar-refractivity contribution in [2.45, 2.75) is 38.6 Å². The van der Waals surface area contributed by atoms with Crippen LogP contribution in [0.5, 0.6) is 5.75 Å². The number of fused-ring (bicyclic) bond motifs is 1. The third-order valence-electron chi connectivity index (χ3n) is 6.49. The van der Waals surface area contributed by atoms with Crippen LogP contribution in [0.15, 0.2) is 58.5 Å². The summed E-state index contributed by atoms with van der Waals surface area (Å²) in [6, 6.07) is 13.3. The molecule has 8 heteroatoms. The predicted molar refractivity (Wildman–Crippen MR) is 140 cm³/mol. The summed E-state index contributed by atoms with van der Waals surface area (Å²) < 4.78 is 16.6. The van der Waals surface area contributed by atoms with Gasteiger partial charge in [-0.2, -0.15) is 0 Å². The van der Waals surface area contributed by atoms with E-state index in [4.69, 9.17) is 13.9 Å². The molecule has 3 aromatic rings. The number of furan rings is 1. The molecular weight excluding hydrogens is 476 g/mol. The van der Waals surface area contributed by atoms with Crippen molar-refractivity contribution in [1.82, 2.24) is 9.80 Å². The van der Waals surface area contributed by atoms with Gasteiger partial charge in [0.1, 0.15) is 18.9 Å². The molecule has 1 atom stereocenters. The molecule has 2 amide bonds. The molecule has 192 valence electrons. The number of rotatable bonds is 11. The van der Waals surface area contributed by atoms with E-state index in [0.717, 1.165) is 17.7 Å². The molecule has 7 nitrogen and oxygen atoms in total. The van der Waals surface area contributed by atoms with Gasteiger partial charge in [0.25, 0.3) is 5.91 Å². The topological polar surface area (TPSA) is 72.2 Å². The molecule has 1 aliphatic rings. The van der Waals surface area contributed by atoms with Crippen LogP contribution in [-0.4, -0.2) is 61.6 Å². The molecule has 0 N–H and O–H groups in total. The Morgan fingerprint density at radius 1 is 1.19 bits per heavy atom. The van der Waals surface area contributed by atoms with Gasteiger partial charge in [0.2, 0.25) is 5.91 Å². The summed E-state index contributed by atoms with van der Waals surface area (Å²) in [5.41, 5.74) is 2.38. The van der Waals surface area contributed by atoms with Gasteiger partial charge in [-0.25, -0.2) is 0 Å². The lowest BCUT2D eigenvalue weighted by Gasteiger charge is -2.37. The van der Waals surface area contributed by atoms with E-state index in [1.54, 1.807) is 35.5 Å². The number of carbonyl (C=O) groups is 2. The molecule has 0 saturated carbocycles. The fraction of sp³-hybridized carbons (Fsp3) is 0.429. The highest BCUT2D eigenvalue weighted by atomic mass is 32.1. The number of benzene rings is 1. The molecule has 3 heterocycles. The van der Waals surface area contributed by atoms with Crippen LogP contribution >= 0.6 is 11.3 Å². The first kappa shape index (κ1) is 26.0. The van der Waals surface area contributed by atoms with Crippen LogP contribution in [-0.2, 0) is 16.0 Å². The van der Waals surface area contributed by atoms with Gasteiger partial charge in [-0.15, -0.1) is 11.3 Å². The van der Waals surface area contributed by atoms with Crippen LogP contribution < -0.4 is 4.74 Å². The molecule has 0 spiro atoms. The zero-order valence-corrected chi connectivity index (χ0v) is 22.0. The molecule has 0 saturated heterocycles. The molecule has 1 aliphatic heterocycles. The SMILES string of the molecule is COCCCN(CC(=O)N1CCc2sccc2C1COc1ccc(C(C)C)cc1)C(=O)c1ccco1. The summed E-state index contributed by atoms with van der Waals surface area (Å²) in [5, 5.41) is 2.07. The summed E-state index contributed by atoms with van der Waals surface area (Å²) in [6.07, 6.45) is 2.89. The summed E-state index contributed by atoms with van der Waals surface area (Å²) >= 11 is 1.72. The summed E-state index contributed by atoms with van der Waals surface area (Å²) in [5.74, 6) is 1.06. The lowest BCUT2D eigenvalue weighted by Crippen LogP contribution is -2.48. The summed E-state index contributed by atoms with van der Waals surface area (Å²) in [4.78, 5) is 31.3. The van der Waals surface area contributed by atoms with Crippen molar-refractivity contribution < 1.29 is 23.5 Å². The number of ether oxygens (including phenoxy) is 2. The van der Waals surface area contributed by atoms with E-state index in [0.29, 0.717) is 38.6 Å². The van der Waals surface area contributed by atoms with Crippen molar-refractivity contribution in [1.29, 1.82) is 0 Å². The Morgan fingerprint density at radius 2 is 2.00 bits per heavy atom. The largest absolute Gasteiger partial charge is 0.491 e. The smallest absolute Gasteiger partial charge is 0.290 e. The fourth-order valence-electron chi connectivity index (χ4n) is 4.46. The standard InChI is InChI=1S/C28H34N2O5S/c1-20(2)21-7-9-22(10-8-21)35-19-24-23-12-17-36-26(23)11-14-30(24)27(31)18-29(13-5-15-33-3)28(32)25-6-4-16-34-25/h4,6-10,12,16-17,20,24H,5,11,13-15,18-19H2,1-3H3. The Hall–Kier alpha value is -3.10. The minimum atomic E-state index is -0.296. The maximum atomic E-state index is 13.6. The first-order chi connectivity index (χ1) is 17.5. The Labute approximate surface area is 216 Å². The number of hydrogen-bond donors (Lipinski definition) is 0. The summed E-state index contributed by atoms with van der Waals surface area (Å²) in [7, 11) is 1.62. The molecule has 4 rings (SSSR count). The second kappa shape index (κ2) is 12.2. The Kier molecular flexibility index (Phi) is 8.83. The van der Waals surface area contributed by atoms with E-state index in [1.165, 1.54) is 16.7 Å². The quantitative estimate of drug-likeness (QED) is 0.334. The zero-order valence-electron chi connectivity index (χ0n) is 21.1. The lowest BCUT2D eigenvalue weighted by molar-refractivity contribution is -0.135. The number of thiophene rings is 1. The minimum Gasteiger partial charge on any atom is -0.491 e. The first-order valence-electron chi connectivity index (χ1n) is 12.4. The van der Waals surface area contributed by atoms with E-state index < -0.39 is 0 Å². The molecule has 1 unspecified atom stereocenters. The second-order valence-electron chi connectivity index (χ2n) is 9.24. The maximum absolute atomic E-state index is 13.6. The van der Waals surface area contributed by atoms with Crippen LogP contribution in [0.25, 0.3) is 0 Å². The zero-order chi connectivity index (χ0) is 25.5. The van der Waals surface area contributed by atoms with E-state index in [1.807, 2.05) is 17.0 Å². The molecule has 0 radical (unpaired) electrons. The molecule has 2 aromatic heterocycles. The number of nitrogens with zero attached hydrogens (tertiary/aromatic N) is 2. The average molecular weight is 511 g/mol. The van der Waals surface area contributed by atoms with Crippen molar-refractivity contribution >= 4 is 23.2 Å². The van der Waals surface area contributed by atoms with Crippen LogP contribution in [0.3, 0.4) is 0 Å². The predicted octanol–water partition coefficient (Wildman–Crippen LogP) is 5.15. The molecule has 36 heavy (non-hydrogen) atoms. The van der Waals surface area contributed by atoms with Gasteiger partial charge in [-0.1, -0.05) is 26.0 Å². The van der Waals surface area contributed by atoms with Gasteiger partial charge < -0.3 is 23.7 Å². The van der Waals surface area contributed by atoms with Crippen molar-refractivity contribution in [2.75, 3.05) is 40.0 Å². The van der Waals surface area contributed by atoms with Gasteiger partial charge in [0.15, 0.2) is 5.76 Å². The third-order valence-corrected chi connectivity index (χ3v) is 7.49. The normalized spacial score (nSPS) is 15.1. The van der Waals surface area contributed by atoms with Gasteiger partial charge >= 0.3 is 0 Å². The van der Waals surface area contributed by atoms with Crippen molar-refractivity contribution in [3.8, 4) is 5.75 Å². The molecule has 0 aliphatic carbocycles. The maximum Gasteiger partial charge on any atom is 0.290 e. The lowest BCUT2D eigenvalue weighted by atomic mass is 10.00. The van der Waals surface area contributed by atoms with Crippen LogP contribution in [0.2, 0.25) is 0 Å². The highest BCUT2D eigenvalue weighted by Crippen LogP contribution is 2.34. The third kappa shape index (κ3) is 6.17. The van der Waals surface area contributed by atoms with Crippen LogP contribution in [0.1, 0.15) is 58.8 Å². The highest BCUT2D eigenvalue weighted by Gasteiger charge is 2.34. The molecule has 0 bridgehead atoms. The summed E-state index contributed by atoms with van der Waals surface area (Å²) in [6.45, 7) is 6.15. The van der Waals surface area contributed by atoms with E-state index in [-0.39, 0.29) is 30.2 Å². The number of carbonyl (C=O) groups excluding carboxylic acids is 2. The Bertz CT molecular complexity index is 1120. The molecular formula is C28H34N2O5S. The van der Waals surface area contributed by atoms with Crippen molar-refractivity contribution in [2.24, 2.45) is 0 Å². The monoisotopic (exact) mass is 510 g/mol. The van der Waals surface area contributed by atoms with E-state index in [2.05, 4.69) is 37.4 Å². The van der Waals surface area contributed by atoms with Crippen LogP contribution in [0.4, 0.5) is 0 Å². The molecule has 1 aromatic carbocycles. The number of amides is 2. The van der Waals surface area contributed by atoms with Gasteiger partial charge in [0, 0.05) is 31.7 Å². The van der Waals surface area contributed by atoms with Gasteiger partial charge in [-0.3, -0.25) is 9.59 Å². The molecule has 0 fully saturated rings.